The van der Waals surface area contributed by atoms with Gasteiger partial charge < -0.3 is 16.0 Å². The minimum Gasteiger partial charge on any atom is -0.332 e. The fourth-order valence-corrected chi connectivity index (χ4v) is 4.00. The standard InChI is InChI=1S/C28H39N3O2S/c1-2-3-4-5-6-7-8-9-10-11-15-21-26(32)31-28(34)30-25-20-16-19-24(22-25)29-27(33)23-17-13-12-14-18-23/h12-14,16-20,22H,2-11,15,21H2,1H3,(H,29,33)(H2,30,31,32,34). The number of thiocarbonyl (C=S) groups is 1. The third-order valence-corrected chi connectivity index (χ3v) is 5.88. The number of unbranched alkanes of at least 4 members (excludes halogenated alkanes) is 10. The average Bonchev–Trinajstić information content (AvgIpc) is 2.83. The van der Waals surface area contributed by atoms with Crippen LogP contribution in [0, 0.1) is 0 Å². The van der Waals surface area contributed by atoms with Crippen LogP contribution in [0.4, 0.5) is 11.4 Å². The summed E-state index contributed by atoms with van der Waals surface area (Å²) < 4.78 is 0. The molecule has 2 aromatic carbocycles. The van der Waals surface area contributed by atoms with Crippen molar-refractivity contribution in [2.24, 2.45) is 0 Å². The molecule has 0 saturated carbocycles. The summed E-state index contributed by atoms with van der Waals surface area (Å²) in [6, 6.07) is 16.3. The van der Waals surface area contributed by atoms with Crippen LogP contribution in [-0.4, -0.2) is 16.9 Å². The smallest absolute Gasteiger partial charge is 0.255 e. The van der Waals surface area contributed by atoms with Crippen LogP contribution in [0.3, 0.4) is 0 Å². The minimum atomic E-state index is -0.180. The minimum absolute atomic E-state index is 0.0676. The number of rotatable bonds is 15. The second kappa shape index (κ2) is 16.8. The quantitative estimate of drug-likeness (QED) is 0.182. The van der Waals surface area contributed by atoms with Gasteiger partial charge >= 0.3 is 0 Å². The van der Waals surface area contributed by atoms with Crippen LogP contribution >= 0.6 is 12.2 Å². The van der Waals surface area contributed by atoms with E-state index in [0.29, 0.717) is 23.4 Å². The van der Waals surface area contributed by atoms with Gasteiger partial charge in [0.15, 0.2) is 5.11 Å². The number of hydrogen-bond donors (Lipinski definition) is 3. The van der Waals surface area contributed by atoms with Crippen molar-refractivity contribution >= 4 is 40.5 Å². The Kier molecular flexibility index (Phi) is 13.6. The Balaban J connectivity index is 1.59. The van der Waals surface area contributed by atoms with Crippen molar-refractivity contribution in [2.75, 3.05) is 10.6 Å². The number of amides is 2. The Bertz CT molecular complexity index is 886. The molecule has 0 aliphatic heterocycles. The van der Waals surface area contributed by atoms with E-state index in [1.165, 1.54) is 57.8 Å². The zero-order valence-electron chi connectivity index (χ0n) is 20.4. The fourth-order valence-electron chi connectivity index (χ4n) is 3.77. The molecule has 2 amide bonds. The largest absolute Gasteiger partial charge is 0.332 e. The molecule has 0 unspecified atom stereocenters. The summed E-state index contributed by atoms with van der Waals surface area (Å²) in [5.74, 6) is -0.248. The molecule has 5 nitrogen and oxygen atoms in total. The van der Waals surface area contributed by atoms with E-state index in [1.54, 1.807) is 24.3 Å². The molecule has 0 aromatic heterocycles. The van der Waals surface area contributed by atoms with Crippen LogP contribution in [0.1, 0.15) is 94.3 Å². The van der Waals surface area contributed by atoms with Crippen molar-refractivity contribution in [3.8, 4) is 0 Å². The molecule has 3 N–H and O–H groups in total. The summed E-state index contributed by atoms with van der Waals surface area (Å²) in [4.78, 5) is 24.5. The molecule has 184 valence electrons. The van der Waals surface area contributed by atoms with Crippen LogP contribution in [0.15, 0.2) is 54.6 Å². The fraction of sp³-hybridized carbons (Fsp3) is 0.464. The molecule has 0 radical (unpaired) electrons. The zero-order chi connectivity index (χ0) is 24.4. The van der Waals surface area contributed by atoms with Gasteiger partial charge in [0.1, 0.15) is 0 Å². The summed E-state index contributed by atoms with van der Waals surface area (Å²) in [5, 5.41) is 8.89. The number of carbonyl (C=O) groups excluding carboxylic acids is 2. The SMILES string of the molecule is CCCCCCCCCCCCCC(=O)NC(=S)Nc1cccc(NC(=O)c2ccccc2)c1. The van der Waals surface area contributed by atoms with Gasteiger partial charge in [-0.3, -0.25) is 9.59 Å². The molecule has 0 saturated heterocycles. The Hall–Kier alpha value is -2.73. The lowest BCUT2D eigenvalue weighted by atomic mass is 10.1. The highest BCUT2D eigenvalue weighted by Crippen LogP contribution is 2.16. The van der Waals surface area contributed by atoms with Gasteiger partial charge in [0, 0.05) is 23.4 Å². The topological polar surface area (TPSA) is 70.2 Å². The molecular formula is C28H39N3O2S. The van der Waals surface area contributed by atoms with Crippen molar-refractivity contribution < 1.29 is 9.59 Å². The van der Waals surface area contributed by atoms with Crippen molar-refractivity contribution in [2.45, 2.75) is 84.0 Å². The Morgan fingerprint density at radius 1 is 0.706 bits per heavy atom. The summed E-state index contributed by atoms with van der Waals surface area (Å²) in [6.07, 6.45) is 14.3. The molecule has 0 heterocycles. The Morgan fingerprint density at radius 3 is 1.88 bits per heavy atom. The number of carbonyl (C=O) groups is 2. The molecular weight excluding hydrogens is 442 g/mol. The summed E-state index contributed by atoms with van der Waals surface area (Å²) in [6.45, 7) is 2.25. The van der Waals surface area contributed by atoms with Crippen molar-refractivity contribution in [1.82, 2.24) is 5.32 Å². The Morgan fingerprint density at radius 2 is 1.26 bits per heavy atom. The lowest BCUT2D eigenvalue weighted by Gasteiger charge is -2.11. The third-order valence-electron chi connectivity index (χ3n) is 5.67. The van der Waals surface area contributed by atoms with Gasteiger partial charge in [-0.1, -0.05) is 95.4 Å². The van der Waals surface area contributed by atoms with E-state index in [1.807, 2.05) is 30.3 Å². The van der Waals surface area contributed by atoms with E-state index in [-0.39, 0.29) is 16.9 Å². The highest BCUT2D eigenvalue weighted by molar-refractivity contribution is 7.80. The molecule has 0 fully saturated rings. The van der Waals surface area contributed by atoms with E-state index in [9.17, 15) is 9.59 Å². The molecule has 34 heavy (non-hydrogen) atoms. The van der Waals surface area contributed by atoms with E-state index in [4.69, 9.17) is 12.2 Å². The molecule has 0 spiro atoms. The summed E-state index contributed by atoms with van der Waals surface area (Å²) >= 11 is 5.28. The molecule has 0 aliphatic carbocycles. The first-order valence-electron chi connectivity index (χ1n) is 12.7. The molecule has 0 aliphatic rings. The van der Waals surface area contributed by atoms with Crippen molar-refractivity contribution in [3.05, 3.63) is 60.2 Å². The van der Waals surface area contributed by atoms with Crippen LogP contribution in [-0.2, 0) is 4.79 Å². The van der Waals surface area contributed by atoms with Crippen LogP contribution in [0.5, 0.6) is 0 Å². The van der Waals surface area contributed by atoms with E-state index in [0.717, 1.165) is 12.8 Å². The number of nitrogens with one attached hydrogen (secondary N) is 3. The first-order valence-corrected chi connectivity index (χ1v) is 13.1. The van der Waals surface area contributed by atoms with Gasteiger partial charge in [0.05, 0.1) is 0 Å². The highest BCUT2D eigenvalue weighted by atomic mass is 32.1. The van der Waals surface area contributed by atoms with Crippen LogP contribution < -0.4 is 16.0 Å². The molecule has 6 heteroatoms. The maximum absolute atomic E-state index is 12.3. The zero-order valence-corrected chi connectivity index (χ0v) is 21.2. The van der Waals surface area contributed by atoms with E-state index >= 15 is 0 Å². The van der Waals surface area contributed by atoms with E-state index < -0.39 is 0 Å². The van der Waals surface area contributed by atoms with Crippen molar-refractivity contribution in [1.29, 1.82) is 0 Å². The monoisotopic (exact) mass is 481 g/mol. The predicted molar refractivity (Wildman–Crippen MR) is 146 cm³/mol. The lowest BCUT2D eigenvalue weighted by molar-refractivity contribution is -0.119. The van der Waals surface area contributed by atoms with Gasteiger partial charge in [-0.05, 0) is 49.0 Å². The van der Waals surface area contributed by atoms with Crippen LogP contribution in [0.25, 0.3) is 0 Å². The maximum atomic E-state index is 12.3. The number of benzene rings is 2. The first kappa shape index (κ1) is 27.5. The van der Waals surface area contributed by atoms with Crippen molar-refractivity contribution in [3.63, 3.8) is 0 Å². The van der Waals surface area contributed by atoms with E-state index in [2.05, 4.69) is 22.9 Å². The summed E-state index contributed by atoms with van der Waals surface area (Å²) in [7, 11) is 0. The summed E-state index contributed by atoms with van der Waals surface area (Å²) in [5.41, 5.74) is 1.94. The van der Waals surface area contributed by atoms with Gasteiger partial charge in [-0.15, -0.1) is 0 Å². The number of hydrogen-bond acceptors (Lipinski definition) is 3. The van der Waals surface area contributed by atoms with Gasteiger partial charge in [-0.25, -0.2) is 0 Å². The second-order valence-corrected chi connectivity index (χ2v) is 9.10. The average molecular weight is 482 g/mol. The normalized spacial score (nSPS) is 10.5. The predicted octanol–water partition coefficient (Wildman–Crippen LogP) is 7.45. The first-order chi connectivity index (χ1) is 16.6. The highest BCUT2D eigenvalue weighted by Gasteiger charge is 2.08. The third kappa shape index (κ3) is 11.9. The van der Waals surface area contributed by atoms with Gasteiger partial charge in [-0.2, -0.15) is 0 Å². The van der Waals surface area contributed by atoms with Crippen LogP contribution in [0.2, 0.25) is 0 Å². The maximum Gasteiger partial charge on any atom is 0.255 e. The molecule has 2 aromatic rings. The van der Waals surface area contributed by atoms with Gasteiger partial charge in [0.2, 0.25) is 5.91 Å². The Labute approximate surface area is 210 Å². The molecule has 0 atom stereocenters. The van der Waals surface area contributed by atoms with Gasteiger partial charge in [0.25, 0.3) is 5.91 Å². The lowest BCUT2D eigenvalue weighted by Crippen LogP contribution is -2.33. The second-order valence-electron chi connectivity index (χ2n) is 8.69. The molecule has 2 rings (SSSR count). The number of anilines is 2. The molecule has 0 bridgehead atoms.